The number of nitrogens with zero attached hydrogens (tertiary/aromatic N) is 1. The Hall–Kier alpha value is -3.06. The van der Waals surface area contributed by atoms with Gasteiger partial charge in [0.2, 0.25) is 0 Å². The van der Waals surface area contributed by atoms with Crippen LogP contribution in [0.5, 0.6) is 0 Å². The Labute approximate surface area is 209 Å². The van der Waals surface area contributed by atoms with Crippen LogP contribution in [0.15, 0.2) is 76.7 Å². The van der Waals surface area contributed by atoms with Crippen LogP contribution in [0.25, 0.3) is 0 Å². The predicted molar refractivity (Wildman–Crippen MR) is 129 cm³/mol. The lowest BCUT2D eigenvalue weighted by atomic mass is 9.92. The van der Waals surface area contributed by atoms with E-state index in [-0.39, 0.29) is 0 Å². The van der Waals surface area contributed by atoms with Crippen molar-refractivity contribution < 1.29 is 26.3 Å². The number of aliphatic imine (C=N–C) groups is 1. The molecule has 0 aliphatic carbocycles. The number of amidine groups is 1. The Morgan fingerprint density at radius 1 is 0.972 bits per heavy atom. The van der Waals surface area contributed by atoms with E-state index in [1.807, 2.05) is 0 Å². The van der Waals surface area contributed by atoms with Crippen LogP contribution in [-0.4, -0.2) is 49.1 Å². The summed E-state index contributed by atoms with van der Waals surface area (Å²) < 4.78 is 79.5. The highest BCUT2D eigenvalue weighted by atomic mass is 32.1. The average Bonchev–Trinajstić information content (AvgIpc) is 2.83. The highest BCUT2D eigenvalue weighted by molar-refractivity contribution is 7.80. The van der Waals surface area contributed by atoms with Crippen LogP contribution < -0.4 is 26.6 Å². The van der Waals surface area contributed by atoms with Gasteiger partial charge in [-0.3, -0.25) is 0 Å². The molecule has 3 heterocycles. The number of thiol groups is 1. The van der Waals surface area contributed by atoms with Gasteiger partial charge in [0.1, 0.15) is 18.0 Å². The Kier molecular flexibility index (Phi) is 7.59. The van der Waals surface area contributed by atoms with Gasteiger partial charge in [0, 0.05) is 36.4 Å². The summed E-state index contributed by atoms with van der Waals surface area (Å²) in [5.74, 6) is 1.01. The van der Waals surface area contributed by atoms with Crippen molar-refractivity contribution in [2.24, 2.45) is 4.99 Å². The summed E-state index contributed by atoms with van der Waals surface area (Å²) in [4.78, 5) is 4.63. The minimum absolute atomic E-state index is 0.361. The van der Waals surface area contributed by atoms with E-state index in [0.717, 1.165) is 18.2 Å². The number of fused-ring (bicyclic) bond motifs is 1. The normalized spacial score (nSPS) is 23.7. The fourth-order valence-electron chi connectivity index (χ4n) is 3.99. The molecule has 3 atom stereocenters. The standard InChI is InChI=1S/C23H24F6N6S/c24-22(25,26)14-3-5-15(6-4-14)33-21-20-17(34-18(35-21)12-30-8-9-36)10-13(11-32-20)19-16(23(27,28)29)2-1-7-31-19/h1-7,10-11,18-20,30-32,34,36H,8-9,12H2,(H,33,35). The maximum Gasteiger partial charge on any atom is 0.416 e. The smallest absolute Gasteiger partial charge is 0.380 e. The summed E-state index contributed by atoms with van der Waals surface area (Å²) in [5.41, 5.74) is -0.177. The zero-order valence-corrected chi connectivity index (χ0v) is 19.6. The maximum atomic E-state index is 13.6. The molecule has 0 aromatic heterocycles. The molecule has 1 aromatic carbocycles. The molecule has 3 aliphatic rings. The van der Waals surface area contributed by atoms with Crippen molar-refractivity contribution >= 4 is 24.2 Å². The van der Waals surface area contributed by atoms with Crippen molar-refractivity contribution in [2.45, 2.75) is 30.6 Å². The van der Waals surface area contributed by atoms with Gasteiger partial charge >= 0.3 is 12.4 Å². The summed E-state index contributed by atoms with van der Waals surface area (Å²) in [5, 5.41) is 15.3. The summed E-state index contributed by atoms with van der Waals surface area (Å²) in [7, 11) is 0. The van der Waals surface area contributed by atoms with Gasteiger partial charge in [-0.1, -0.05) is 6.08 Å². The molecule has 6 nitrogen and oxygen atoms in total. The second-order valence-electron chi connectivity index (χ2n) is 8.22. The number of halogens is 6. The first kappa shape index (κ1) is 26.0. The molecule has 0 radical (unpaired) electrons. The Morgan fingerprint density at radius 2 is 1.72 bits per heavy atom. The highest BCUT2D eigenvalue weighted by Gasteiger charge is 2.41. The lowest BCUT2D eigenvalue weighted by Crippen LogP contribution is -2.54. The zero-order valence-electron chi connectivity index (χ0n) is 18.7. The minimum atomic E-state index is -4.52. The number of rotatable bonds is 6. The number of alkyl halides is 6. The van der Waals surface area contributed by atoms with Gasteiger partial charge in [-0.25, -0.2) is 4.99 Å². The zero-order chi connectivity index (χ0) is 25.9. The van der Waals surface area contributed by atoms with Crippen LogP contribution in [0.3, 0.4) is 0 Å². The van der Waals surface area contributed by atoms with Crippen molar-refractivity contribution in [1.29, 1.82) is 0 Å². The number of anilines is 1. The van der Waals surface area contributed by atoms with Crippen molar-refractivity contribution in [3.05, 3.63) is 77.3 Å². The second-order valence-corrected chi connectivity index (χ2v) is 8.67. The maximum absolute atomic E-state index is 13.6. The average molecular weight is 531 g/mol. The summed E-state index contributed by atoms with van der Waals surface area (Å²) >= 11 is 4.16. The highest BCUT2D eigenvalue weighted by Crippen LogP contribution is 2.34. The predicted octanol–water partition coefficient (Wildman–Crippen LogP) is 3.68. The van der Waals surface area contributed by atoms with Crippen LogP contribution in [0.4, 0.5) is 32.0 Å². The van der Waals surface area contributed by atoms with Crippen LogP contribution in [0.2, 0.25) is 0 Å². The van der Waals surface area contributed by atoms with E-state index in [0.29, 0.717) is 41.6 Å². The van der Waals surface area contributed by atoms with Gasteiger partial charge in [-0.05, 0) is 48.2 Å². The Morgan fingerprint density at radius 3 is 2.39 bits per heavy atom. The number of dihydropyridines is 2. The van der Waals surface area contributed by atoms with E-state index in [1.54, 1.807) is 6.08 Å². The molecule has 0 spiro atoms. The van der Waals surface area contributed by atoms with Crippen molar-refractivity contribution in [3.8, 4) is 0 Å². The minimum Gasteiger partial charge on any atom is -0.380 e. The fourth-order valence-corrected chi connectivity index (χ4v) is 4.15. The van der Waals surface area contributed by atoms with E-state index >= 15 is 0 Å². The Balaban J connectivity index is 1.58. The molecule has 3 aliphatic heterocycles. The Bertz CT molecular complexity index is 1100. The SMILES string of the molecule is FC(F)(F)C1=CC=CNC1C1=CNC2C(=C1)NC(CNCCS)N=C2Nc1ccc(C(F)(F)F)cc1. The molecular formula is C23H24F6N6S. The topological polar surface area (TPSA) is 72.5 Å². The van der Waals surface area contributed by atoms with Gasteiger partial charge < -0.3 is 26.6 Å². The van der Waals surface area contributed by atoms with E-state index in [4.69, 9.17) is 0 Å². The molecule has 0 amide bonds. The van der Waals surface area contributed by atoms with Crippen molar-refractivity contribution in [3.63, 3.8) is 0 Å². The lowest BCUT2D eigenvalue weighted by Gasteiger charge is -2.37. The van der Waals surface area contributed by atoms with Gasteiger partial charge in [0.05, 0.1) is 17.2 Å². The number of benzene rings is 1. The molecule has 3 unspecified atom stereocenters. The van der Waals surface area contributed by atoms with Crippen LogP contribution in [0, 0.1) is 0 Å². The third-order valence-electron chi connectivity index (χ3n) is 5.67. The molecule has 0 saturated heterocycles. The first-order chi connectivity index (χ1) is 17.1. The van der Waals surface area contributed by atoms with Crippen molar-refractivity contribution in [1.82, 2.24) is 21.3 Å². The van der Waals surface area contributed by atoms with Crippen LogP contribution in [0.1, 0.15) is 5.56 Å². The fraction of sp³-hybridized carbons (Fsp3) is 0.348. The monoisotopic (exact) mass is 530 g/mol. The van der Waals surface area contributed by atoms with Gasteiger partial charge in [0.15, 0.2) is 0 Å². The number of nitrogens with one attached hydrogen (secondary N) is 5. The molecule has 0 bridgehead atoms. The lowest BCUT2D eigenvalue weighted by molar-refractivity contribution is -0.137. The van der Waals surface area contributed by atoms with Crippen LogP contribution in [-0.2, 0) is 6.18 Å². The third kappa shape index (κ3) is 6.01. The van der Waals surface area contributed by atoms with Gasteiger partial charge in [-0.15, -0.1) is 0 Å². The molecule has 4 rings (SSSR count). The number of hydrogen-bond donors (Lipinski definition) is 6. The summed E-state index contributed by atoms with van der Waals surface area (Å²) in [6.07, 6.45) is -2.55. The quantitative estimate of drug-likeness (QED) is 0.192. The third-order valence-corrected chi connectivity index (χ3v) is 5.89. The summed E-state index contributed by atoms with van der Waals surface area (Å²) in [6.45, 7) is 1.02. The van der Waals surface area contributed by atoms with Crippen LogP contribution >= 0.6 is 12.6 Å². The molecule has 5 N–H and O–H groups in total. The molecule has 1 aromatic rings. The second kappa shape index (κ2) is 10.5. The number of allylic oxidation sites excluding steroid dienone is 2. The van der Waals surface area contributed by atoms with Gasteiger partial charge in [-0.2, -0.15) is 39.0 Å². The number of hydrogen-bond acceptors (Lipinski definition) is 7. The molecule has 36 heavy (non-hydrogen) atoms. The molecule has 13 heteroatoms. The summed E-state index contributed by atoms with van der Waals surface area (Å²) in [6, 6.07) is 2.86. The molecule has 0 saturated carbocycles. The first-order valence-electron chi connectivity index (χ1n) is 11.0. The molecular weight excluding hydrogens is 506 g/mol. The van der Waals surface area contributed by atoms with E-state index in [9.17, 15) is 26.3 Å². The molecule has 0 fully saturated rings. The van der Waals surface area contributed by atoms with E-state index in [2.05, 4.69) is 44.2 Å². The van der Waals surface area contributed by atoms with E-state index in [1.165, 1.54) is 30.6 Å². The van der Waals surface area contributed by atoms with Crippen molar-refractivity contribution in [2.75, 3.05) is 24.2 Å². The molecule has 194 valence electrons. The first-order valence-corrected chi connectivity index (χ1v) is 11.7. The van der Waals surface area contributed by atoms with Gasteiger partial charge in [0.25, 0.3) is 0 Å². The largest absolute Gasteiger partial charge is 0.416 e. The van der Waals surface area contributed by atoms with E-state index < -0.39 is 41.7 Å².